The highest BCUT2D eigenvalue weighted by Crippen LogP contribution is 2.08. The van der Waals surface area contributed by atoms with Gasteiger partial charge in [-0.3, -0.25) is 0 Å². The van der Waals surface area contributed by atoms with Crippen molar-refractivity contribution in [3.63, 3.8) is 0 Å². The molecule has 0 saturated carbocycles. The van der Waals surface area contributed by atoms with E-state index in [0.717, 1.165) is 6.54 Å². The monoisotopic (exact) mass is 186 g/mol. The molecule has 0 bridgehead atoms. The Labute approximate surface area is 77.8 Å². The summed E-state index contributed by atoms with van der Waals surface area (Å²) in [6.45, 7) is 7.33. The molecule has 2 nitrogen and oxygen atoms in total. The summed E-state index contributed by atoms with van der Waals surface area (Å²) in [6, 6.07) is 0. The predicted octanol–water partition coefficient (Wildman–Crippen LogP) is 1.69. The van der Waals surface area contributed by atoms with Crippen LogP contribution >= 0.6 is 11.3 Å². The number of aromatic nitrogens is 1. The molecule has 1 aromatic heterocycles. The SMILES string of the molecule is COC(C)C[n+]1csc(C)c1C. The van der Waals surface area contributed by atoms with Crippen molar-refractivity contribution in [3.8, 4) is 0 Å². The molecule has 0 saturated heterocycles. The van der Waals surface area contributed by atoms with Crippen molar-refractivity contribution in [2.24, 2.45) is 0 Å². The Morgan fingerprint density at radius 1 is 1.58 bits per heavy atom. The van der Waals surface area contributed by atoms with Crippen LogP contribution in [0.25, 0.3) is 0 Å². The average Bonchev–Trinajstić information content (AvgIpc) is 2.36. The molecule has 0 aliphatic carbocycles. The van der Waals surface area contributed by atoms with Crippen LogP contribution < -0.4 is 4.57 Å². The van der Waals surface area contributed by atoms with Gasteiger partial charge in [0.1, 0.15) is 6.10 Å². The van der Waals surface area contributed by atoms with Gasteiger partial charge in [-0.25, -0.2) is 0 Å². The van der Waals surface area contributed by atoms with Crippen molar-refractivity contribution in [1.29, 1.82) is 0 Å². The Kier molecular flexibility index (Phi) is 3.23. The molecule has 1 atom stereocenters. The maximum atomic E-state index is 5.20. The van der Waals surface area contributed by atoms with Crippen LogP contribution in [0.3, 0.4) is 0 Å². The van der Waals surface area contributed by atoms with Gasteiger partial charge >= 0.3 is 0 Å². The number of ether oxygens (including phenoxy) is 1. The van der Waals surface area contributed by atoms with Crippen molar-refractivity contribution in [3.05, 3.63) is 16.1 Å². The second kappa shape index (κ2) is 4.01. The summed E-state index contributed by atoms with van der Waals surface area (Å²) in [5.41, 5.74) is 3.50. The third-order valence-electron chi connectivity index (χ3n) is 2.15. The largest absolute Gasteiger partial charge is 0.375 e. The second-order valence-electron chi connectivity index (χ2n) is 3.06. The fourth-order valence-electron chi connectivity index (χ4n) is 1.04. The average molecular weight is 186 g/mol. The van der Waals surface area contributed by atoms with Crippen molar-refractivity contribution >= 4 is 11.3 Å². The quantitative estimate of drug-likeness (QED) is 0.655. The van der Waals surface area contributed by atoms with Gasteiger partial charge in [0.05, 0.1) is 4.88 Å². The van der Waals surface area contributed by atoms with Gasteiger partial charge in [-0.1, -0.05) is 11.3 Å². The van der Waals surface area contributed by atoms with E-state index in [-0.39, 0.29) is 0 Å². The van der Waals surface area contributed by atoms with Crippen molar-refractivity contribution in [2.45, 2.75) is 33.4 Å². The van der Waals surface area contributed by atoms with Crippen LogP contribution in [0.5, 0.6) is 0 Å². The van der Waals surface area contributed by atoms with Gasteiger partial charge < -0.3 is 4.74 Å². The van der Waals surface area contributed by atoms with E-state index >= 15 is 0 Å². The molecule has 0 amide bonds. The van der Waals surface area contributed by atoms with Crippen LogP contribution in [0.1, 0.15) is 17.5 Å². The number of methoxy groups -OCH3 is 1. The van der Waals surface area contributed by atoms with Gasteiger partial charge in [0.2, 0.25) is 5.51 Å². The van der Waals surface area contributed by atoms with Gasteiger partial charge in [0.25, 0.3) is 0 Å². The summed E-state index contributed by atoms with van der Waals surface area (Å²) >= 11 is 1.79. The van der Waals surface area contributed by atoms with Gasteiger partial charge in [0.15, 0.2) is 12.2 Å². The normalized spacial score (nSPS) is 13.3. The molecule has 1 unspecified atom stereocenters. The van der Waals surface area contributed by atoms with E-state index in [1.165, 1.54) is 10.6 Å². The third-order valence-corrected chi connectivity index (χ3v) is 3.16. The molecular weight excluding hydrogens is 170 g/mol. The zero-order valence-corrected chi connectivity index (χ0v) is 8.94. The number of hydrogen-bond acceptors (Lipinski definition) is 2. The first kappa shape index (κ1) is 9.68. The van der Waals surface area contributed by atoms with Crippen LogP contribution in [0, 0.1) is 13.8 Å². The minimum Gasteiger partial charge on any atom is -0.375 e. The second-order valence-corrected chi connectivity index (χ2v) is 4.12. The maximum absolute atomic E-state index is 5.20. The Morgan fingerprint density at radius 2 is 2.25 bits per heavy atom. The van der Waals surface area contributed by atoms with Crippen LogP contribution in [-0.4, -0.2) is 13.2 Å². The minimum atomic E-state index is 0.294. The van der Waals surface area contributed by atoms with Crippen LogP contribution in [-0.2, 0) is 11.3 Å². The molecule has 68 valence electrons. The topological polar surface area (TPSA) is 13.1 Å². The van der Waals surface area contributed by atoms with E-state index in [0.29, 0.717) is 6.10 Å². The number of aryl methyl sites for hydroxylation is 1. The summed E-state index contributed by atoms with van der Waals surface area (Å²) < 4.78 is 7.45. The van der Waals surface area contributed by atoms with Gasteiger partial charge in [0, 0.05) is 14.0 Å². The Bertz CT molecular complexity index is 257. The molecule has 0 fully saturated rings. The first-order valence-corrected chi connectivity index (χ1v) is 5.00. The Balaban J connectivity index is 2.69. The summed E-state index contributed by atoms with van der Waals surface area (Å²) in [7, 11) is 1.75. The molecule has 1 aromatic rings. The Hall–Kier alpha value is -0.410. The highest BCUT2D eigenvalue weighted by Gasteiger charge is 2.14. The number of rotatable bonds is 3. The lowest BCUT2D eigenvalue weighted by Gasteiger charge is -2.03. The molecule has 0 aliphatic rings. The lowest BCUT2D eigenvalue weighted by Crippen LogP contribution is -2.40. The molecule has 1 rings (SSSR count). The van der Waals surface area contributed by atoms with Gasteiger partial charge in [-0.2, -0.15) is 4.57 Å². The number of nitrogens with zero attached hydrogens (tertiary/aromatic N) is 1. The molecule has 0 radical (unpaired) electrons. The number of thiazole rings is 1. The molecule has 0 spiro atoms. The van der Waals surface area contributed by atoms with Gasteiger partial charge in [-0.05, 0) is 13.8 Å². The summed E-state index contributed by atoms with van der Waals surface area (Å²) in [4.78, 5) is 1.39. The molecule has 0 N–H and O–H groups in total. The lowest BCUT2D eigenvalue weighted by molar-refractivity contribution is -0.704. The van der Waals surface area contributed by atoms with E-state index < -0.39 is 0 Å². The zero-order valence-electron chi connectivity index (χ0n) is 8.13. The van der Waals surface area contributed by atoms with Crippen LogP contribution in [0.2, 0.25) is 0 Å². The van der Waals surface area contributed by atoms with Crippen LogP contribution in [0.15, 0.2) is 5.51 Å². The molecule has 0 aromatic carbocycles. The first-order valence-electron chi connectivity index (χ1n) is 4.12. The molecule has 1 heterocycles. The predicted molar refractivity (Wildman–Crippen MR) is 50.5 cm³/mol. The van der Waals surface area contributed by atoms with E-state index in [1.807, 2.05) is 0 Å². The molecule has 0 aliphatic heterocycles. The summed E-state index contributed by atoms with van der Waals surface area (Å²) in [5, 5.41) is 0. The first-order chi connectivity index (χ1) is 5.65. The smallest absolute Gasteiger partial charge is 0.225 e. The van der Waals surface area contributed by atoms with E-state index in [9.17, 15) is 0 Å². The van der Waals surface area contributed by atoms with E-state index in [1.54, 1.807) is 18.4 Å². The molecule has 12 heavy (non-hydrogen) atoms. The minimum absolute atomic E-state index is 0.294. The highest BCUT2D eigenvalue weighted by atomic mass is 32.1. The fraction of sp³-hybridized carbons (Fsp3) is 0.667. The van der Waals surface area contributed by atoms with Crippen molar-refractivity contribution in [2.75, 3.05) is 7.11 Å². The fourth-order valence-corrected chi connectivity index (χ4v) is 1.86. The Morgan fingerprint density at radius 3 is 2.67 bits per heavy atom. The number of hydrogen-bond donors (Lipinski definition) is 0. The molecular formula is C9H16NOS+. The standard InChI is InChI=1S/C9H16NOS/c1-7(11-4)5-10-6-12-9(3)8(10)2/h6-7H,5H2,1-4H3/q+1. The summed E-state index contributed by atoms with van der Waals surface area (Å²) in [5.74, 6) is 0. The zero-order chi connectivity index (χ0) is 9.14. The van der Waals surface area contributed by atoms with E-state index in [2.05, 4.69) is 30.8 Å². The third kappa shape index (κ3) is 2.05. The highest BCUT2D eigenvalue weighted by molar-refractivity contribution is 7.09. The maximum Gasteiger partial charge on any atom is 0.225 e. The van der Waals surface area contributed by atoms with Crippen molar-refractivity contribution < 1.29 is 9.30 Å². The van der Waals surface area contributed by atoms with Gasteiger partial charge in [-0.15, -0.1) is 0 Å². The summed E-state index contributed by atoms with van der Waals surface area (Å²) in [6.07, 6.45) is 0.294. The molecule has 3 heteroatoms. The van der Waals surface area contributed by atoms with E-state index in [4.69, 9.17) is 4.74 Å². The lowest BCUT2D eigenvalue weighted by atomic mass is 10.3. The van der Waals surface area contributed by atoms with Crippen molar-refractivity contribution in [1.82, 2.24) is 0 Å². The van der Waals surface area contributed by atoms with Crippen LogP contribution in [0.4, 0.5) is 0 Å².